The summed E-state index contributed by atoms with van der Waals surface area (Å²) in [5.74, 6) is 0. The Labute approximate surface area is 79.5 Å². The molecule has 0 bridgehead atoms. The lowest BCUT2D eigenvalue weighted by molar-refractivity contribution is -0.138. The predicted molar refractivity (Wildman–Crippen MR) is 53.3 cm³/mol. The van der Waals surface area contributed by atoms with Crippen LogP contribution in [0.4, 0.5) is 0 Å². The van der Waals surface area contributed by atoms with Gasteiger partial charge in [-0.25, -0.2) is 0 Å². The van der Waals surface area contributed by atoms with E-state index in [2.05, 4.69) is 4.74 Å². The van der Waals surface area contributed by atoms with Gasteiger partial charge in [0.25, 0.3) is 6.47 Å². The van der Waals surface area contributed by atoms with E-state index in [0.717, 1.165) is 0 Å². The van der Waals surface area contributed by atoms with Gasteiger partial charge >= 0.3 is 0 Å². The summed E-state index contributed by atoms with van der Waals surface area (Å²) in [5, 5.41) is 0. The van der Waals surface area contributed by atoms with Crippen LogP contribution in [0, 0.1) is 0 Å². The first-order chi connectivity index (χ1) is 6.06. The summed E-state index contributed by atoms with van der Waals surface area (Å²) in [6.07, 6.45) is 0. The standard InChI is InChI=1S/C6H6.C5H10O2/c1-2-4-6-5-3-1;1-5(2,3)7-4-6/h1-6H;4H,1-3H3. The first-order valence-electron chi connectivity index (χ1n) is 4.18. The quantitative estimate of drug-likeness (QED) is 0.621. The molecule has 13 heavy (non-hydrogen) atoms. The molecule has 0 aliphatic carbocycles. The van der Waals surface area contributed by atoms with Gasteiger partial charge in [0, 0.05) is 0 Å². The van der Waals surface area contributed by atoms with Crippen molar-refractivity contribution < 1.29 is 9.53 Å². The van der Waals surface area contributed by atoms with Crippen molar-refractivity contribution in [2.24, 2.45) is 0 Å². The fourth-order valence-electron chi connectivity index (χ4n) is 0.529. The maximum absolute atomic E-state index is 9.60. The third-order valence-electron chi connectivity index (χ3n) is 1.07. The average molecular weight is 180 g/mol. The molecule has 1 aromatic carbocycles. The van der Waals surface area contributed by atoms with Gasteiger partial charge in [-0.1, -0.05) is 36.4 Å². The molecule has 0 radical (unpaired) electrons. The van der Waals surface area contributed by atoms with Gasteiger partial charge in [-0.05, 0) is 20.8 Å². The second-order valence-electron chi connectivity index (χ2n) is 3.48. The van der Waals surface area contributed by atoms with Crippen molar-refractivity contribution >= 4 is 6.47 Å². The normalized spacial score (nSPS) is 9.46. The Balaban J connectivity index is 0.000000223. The highest BCUT2D eigenvalue weighted by Crippen LogP contribution is 2.02. The lowest BCUT2D eigenvalue weighted by Gasteiger charge is -2.14. The van der Waals surface area contributed by atoms with Gasteiger partial charge in [0.2, 0.25) is 0 Å². The van der Waals surface area contributed by atoms with Crippen LogP contribution in [0.1, 0.15) is 20.8 Å². The largest absolute Gasteiger partial charge is 0.462 e. The molecule has 0 aromatic heterocycles. The minimum Gasteiger partial charge on any atom is -0.462 e. The summed E-state index contributed by atoms with van der Waals surface area (Å²) in [7, 11) is 0. The zero-order valence-electron chi connectivity index (χ0n) is 8.36. The van der Waals surface area contributed by atoms with E-state index in [4.69, 9.17) is 0 Å². The summed E-state index contributed by atoms with van der Waals surface area (Å²) in [6.45, 7) is 5.92. The van der Waals surface area contributed by atoms with Crippen LogP contribution in [-0.4, -0.2) is 12.1 Å². The van der Waals surface area contributed by atoms with E-state index in [1.54, 1.807) is 0 Å². The molecule has 1 rings (SSSR count). The molecule has 0 aliphatic heterocycles. The number of hydrogen-bond acceptors (Lipinski definition) is 2. The molecule has 0 amide bonds. The molecular formula is C11H16O2. The van der Waals surface area contributed by atoms with Crippen molar-refractivity contribution in [3.8, 4) is 0 Å². The van der Waals surface area contributed by atoms with Crippen LogP contribution in [0.5, 0.6) is 0 Å². The Kier molecular flexibility index (Phi) is 5.60. The van der Waals surface area contributed by atoms with Gasteiger partial charge in [0.1, 0.15) is 5.60 Å². The Morgan fingerprint density at radius 1 is 0.923 bits per heavy atom. The van der Waals surface area contributed by atoms with Gasteiger partial charge in [-0.15, -0.1) is 0 Å². The molecule has 2 heteroatoms. The van der Waals surface area contributed by atoms with Crippen LogP contribution < -0.4 is 0 Å². The van der Waals surface area contributed by atoms with Gasteiger partial charge < -0.3 is 4.74 Å². The lowest BCUT2D eigenvalue weighted by Crippen LogP contribution is -2.17. The van der Waals surface area contributed by atoms with Gasteiger partial charge in [0.15, 0.2) is 0 Å². The highest BCUT2D eigenvalue weighted by atomic mass is 16.5. The fraction of sp³-hybridized carbons (Fsp3) is 0.364. The van der Waals surface area contributed by atoms with Crippen LogP contribution in [0.2, 0.25) is 0 Å². The van der Waals surface area contributed by atoms with Crippen molar-refractivity contribution in [1.82, 2.24) is 0 Å². The van der Waals surface area contributed by atoms with E-state index in [-0.39, 0.29) is 5.60 Å². The zero-order chi connectivity index (χ0) is 10.2. The Morgan fingerprint density at radius 2 is 1.23 bits per heavy atom. The minimum atomic E-state index is -0.318. The number of rotatable bonds is 1. The van der Waals surface area contributed by atoms with Crippen LogP contribution in [0.15, 0.2) is 36.4 Å². The van der Waals surface area contributed by atoms with Crippen molar-refractivity contribution in [1.29, 1.82) is 0 Å². The van der Waals surface area contributed by atoms with Gasteiger partial charge in [0.05, 0.1) is 0 Å². The van der Waals surface area contributed by atoms with Gasteiger partial charge in [-0.3, -0.25) is 4.79 Å². The smallest absolute Gasteiger partial charge is 0.293 e. The molecule has 0 saturated heterocycles. The number of benzene rings is 1. The van der Waals surface area contributed by atoms with Crippen LogP contribution in [0.25, 0.3) is 0 Å². The Bertz CT molecular complexity index is 185. The molecule has 0 fully saturated rings. The third-order valence-corrected chi connectivity index (χ3v) is 1.07. The van der Waals surface area contributed by atoms with E-state index in [0.29, 0.717) is 6.47 Å². The Morgan fingerprint density at radius 3 is 1.31 bits per heavy atom. The molecule has 2 nitrogen and oxygen atoms in total. The van der Waals surface area contributed by atoms with Crippen LogP contribution in [0.3, 0.4) is 0 Å². The van der Waals surface area contributed by atoms with E-state index in [9.17, 15) is 4.79 Å². The van der Waals surface area contributed by atoms with E-state index >= 15 is 0 Å². The second kappa shape index (κ2) is 6.23. The maximum atomic E-state index is 9.60. The molecule has 1 aromatic rings. The summed E-state index contributed by atoms with van der Waals surface area (Å²) >= 11 is 0. The molecule has 72 valence electrons. The van der Waals surface area contributed by atoms with E-state index in [1.165, 1.54) is 0 Å². The first kappa shape index (κ1) is 11.7. The van der Waals surface area contributed by atoms with E-state index < -0.39 is 0 Å². The topological polar surface area (TPSA) is 26.3 Å². The molecule has 0 heterocycles. The maximum Gasteiger partial charge on any atom is 0.293 e. The number of hydrogen-bond donors (Lipinski definition) is 0. The molecule has 0 N–H and O–H groups in total. The SMILES string of the molecule is CC(C)(C)OC=O.c1ccccc1. The van der Waals surface area contributed by atoms with Crippen LogP contribution in [-0.2, 0) is 9.53 Å². The summed E-state index contributed by atoms with van der Waals surface area (Å²) in [4.78, 5) is 9.60. The Hall–Kier alpha value is -1.31. The number of ether oxygens (including phenoxy) is 1. The first-order valence-corrected chi connectivity index (χ1v) is 4.18. The number of carbonyl (C=O) groups excluding carboxylic acids is 1. The second-order valence-corrected chi connectivity index (χ2v) is 3.48. The molecule has 0 spiro atoms. The third kappa shape index (κ3) is 10.7. The molecule has 0 unspecified atom stereocenters. The van der Waals surface area contributed by atoms with E-state index in [1.807, 2.05) is 57.2 Å². The lowest BCUT2D eigenvalue weighted by atomic mass is 10.2. The highest BCUT2D eigenvalue weighted by molar-refractivity contribution is 5.37. The zero-order valence-corrected chi connectivity index (χ0v) is 8.36. The summed E-state index contributed by atoms with van der Waals surface area (Å²) in [6, 6.07) is 12.0. The summed E-state index contributed by atoms with van der Waals surface area (Å²) in [5.41, 5.74) is -0.318. The van der Waals surface area contributed by atoms with Crippen molar-refractivity contribution in [3.05, 3.63) is 36.4 Å². The average Bonchev–Trinajstić information content (AvgIpc) is 2.06. The van der Waals surface area contributed by atoms with Gasteiger partial charge in [-0.2, -0.15) is 0 Å². The van der Waals surface area contributed by atoms with Crippen molar-refractivity contribution in [2.45, 2.75) is 26.4 Å². The predicted octanol–water partition coefficient (Wildman–Crippen LogP) is 2.64. The molecule has 0 saturated carbocycles. The number of carbonyl (C=O) groups is 1. The molecular weight excluding hydrogens is 164 g/mol. The van der Waals surface area contributed by atoms with Crippen LogP contribution >= 0.6 is 0 Å². The monoisotopic (exact) mass is 180 g/mol. The van der Waals surface area contributed by atoms with Crippen molar-refractivity contribution in [2.75, 3.05) is 0 Å². The van der Waals surface area contributed by atoms with Crippen molar-refractivity contribution in [3.63, 3.8) is 0 Å². The summed E-state index contributed by atoms with van der Waals surface area (Å²) < 4.78 is 4.55. The molecule has 0 aliphatic rings. The fourth-order valence-corrected chi connectivity index (χ4v) is 0.529. The minimum absolute atomic E-state index is 0.318. The molecule has 0 atom stereocenters. The highest BCUT2D eigenvalue weighted by Gasteiger charge is 2.07.